The molecule has 2 aliphatic rings. The summed E-state index contributed by atoms with van der Waals surface area (Å²) in [6.07, 6.45) is 4.55. The summed E-state index contributed by atoms with van der Waals surface area (Å²) in [4.78, 5) is 19.6. The Bertz CT molecular complexity index is 856. The summed E-state index contributed by atoms with van der Waals surface area (Å²) in [7, 11) is 1.68. The molecule has 0 saturated carbocycles. The van der Waals surface area contributed by atoms with Gasteiger partial charge in [0.05, 0.1) is 12.6 Å². The van der Waals surface area contributed by atoms with Crippen LogP contribution in [0.3, 0.4) is 0 Å². The van der Waals surface area contributed by atoms with Crippen molar-refractivity contribution in [1.29, 1.82) is 0 Å². The van der Waals surface area contributed by atoms with Crippen molar-refractivity contribution in [1.82, 2.24) is 10.3 Å². The van der Waals surface area contributed by atoms with Gasteiger partial charge in [0.15, 0.2) is 0 Å². The molecule has 0 radical (unpaired) electrons. The fourth-order valence-electron chi connectivity index (χ4n) is 4.41. The van der Waals surface area contributed by atoms with Crippen LogP contribution in [0.4, 0.5) is 5.82 Å². The maximum atomic E-state index is 12.4. The van der Waals surface area contributed by atoms with Crippen molar-refractivity contribution in [3.63, 3.8) is 0 Å². The third-order valence-corrected chi connectivity index (χ3v) is 6.21. The quantitative estimate of drug-likeness (QED) is 0.837. The van der Waals surface area contributed by atoms with Gasteiger partial charge in [0.1, 0.15) is 11.6 Å². The SMILES string of the molecule is COc1ccc2c(C)cc(N3CCC(CC(=O)NC4CCOCC4)CC3)nc2c1. The molecule has 0 atom stereocenters. The van der Waals surface area contributed by atoms with Crippen molar-refractivity contribution in [2.45, 2.75) is 45.1 Å². The predicted octanol–water partition coefficient (Wildman–Crippen LogP) is 3.45. The van der Waals surface area contributed by atoms with E-state index in [1.165, 1.54) is 5.56 Å². The number of nitrogens with one attached hydrogen (secondary N) is 1. The number of carbonyl (C=O) groups excluding carboxylic acids is 1. The highest BCUT2D eigenvalue weighted by Gasteiger charge is 2.24. The van der Waals surface area contributed by atoms with Crippen LogP contribution in [0.15, 0.2) is 24.3 Å². The average molecular weight is 398 g/mol. The molecule has 2 aliphatic heterocycles. The van der Waals surface area contributed by atoms with Crippen molar-refractivity contribution >= 4 is 22.6 Å². The van der Waals surface area contributed by atoms with E-state index in [0.29, 0.717) is 12.3 Å². The number of anilines is 1. The molecular formula is C23H31N3O3. The van der Waals surface area contributed by atoms with Gasteiger partial charge in [-0.1, -0.05) is 0 Å². The standard InChI is InChI=1S/C23H31N3O3/c1-16-13-22(25-21-15-19(28-2)3-4-20(16)21)26-9-5-17(6-10-26)14-23(27)24-18-7-11-29-12-8-18/h3-4,13,15,17-18H,5-12,14H2,1-2H3,(H,24,27). The molecule has 1 N–H and O–H groups in total. The molecule has 2 saturated heterocycles. The molecule has 1 aromatic carbocycles. The number of hydrogen-bond acceptors (Lipinski definition) is 5. The normalized spacial score (nSPS) is 18.8. The van der Waals surface area contributed by atoms with Crippen LogP contribution >= 0.6 is 0 Å². The van der Waals surface area contributed by atoms with Crippen LogP contribution in [0.25, 0.3) is 10.9 Å². The number of benzene rings is 1. The zero-order chi connectivity index (χ0) is 20.2. The predicted molar refractivity (Wildman–Crippen MR) is 115 cm³/mol. The summed E-state index contributed by atoms with van der Waals surface area (Å²) in [5.41, 5.74) is 2.20. The Kier molecular flexibility index (Phi) is 6.19. The minimum absolute atomic E-state index is 0.196. The summed E-state index contributed by atoms with van der Waals surface area (Å²) in [5.74, 6) is 2.50. The zero-order valence-corrected chi connectivity index (χ0v) is 17.4. The number of methoxy groups -OCH3 is 1. The van der Waals surface area contributed by atoms with Gasteiger partial charge >= 0.3 is 0 Å². The Morgan fingerprint density at radius 2 is 1.97 bits per heavy atom. The third kappa shape index (κ3) is 4.81. The maximum Gasteiger partial charge on any atom is 0.220 e. The first-order chi connectivity index (χ1) is 14.1. The Hall–Kier alpha value is -2.34. The molecule has 2 aromatic rings. The number of ether oxygens (including phenoxy) is 2. The van der Waals surface area contributed by atoms with Gasteiger partial charge in [0.25, 0.3) is 0 Å². The van der Waals surface area contributed by atoms with E-state index < -0.39 is 0 Å². The second-order valence-corrected chi connectivity index (χ2v) is 8.27. The molecule has 2 fully saturated rings. The molecule has 0 bridgehead atoms. The van der Waals surface area contributed by atoms with Gasteiger partial charge in [-0.2, -0.15) is 0 Å². The summed E-state index contributed by atoms with van der Waals surface area (Å²) in [6, 6.07) is 8.52. The largest absolute Gasteiger partial charge is 0.497 e. The molecule has 1 amide bonds. The van der Waals surface area contributed by atoms with Crippen molar-refractivity contribution < 1.29 is 14.3 Å². The van der Waals surface area contributed by atoms with Crippen LogP contribution in [0, 0.1) is 12.8 Å². The number of hydrogen-bond donors (Lipinski definition) is 1. The van der Waals surface area contributed by atoms with Gasteiger partial charge in [0.2, 0.25) is 5.91 Å². The second kappa shape index (κ2) is 8.99. The van der Waals surface area contributed by atoms with Crippen molar-refractivity contribution in [3.8, 4) is 5.75 Å². The molecule has 156 valence electrons. The molecule has 29 heavy (non-hydrogen) atoms. The fraction of sp³-hybridized carbons (Fsp3) is 0.565. The molecule has 0 spiro atoms. The fourth-order valence-corrected chi connectivity index (χ4v) is 4.41. The highest BCUT2D eigenvalue weighted by molar-refractivity contribution is 5.85. The molecule has 1 aromatic heterocycles. The number of fused-ring (bicyclic) bond motifs is 1. The number of aryl methyl sites for hydroxylation is 1. The number of rotatable bonds is 5. The summed E-state index contributed by atoms with van der Waals surface area (Å²) in [6.45, 7) is 5.53. The lowest BCUT2D eigenvalue weighted by molar-refractivity contribution is -0.123. The van der Waals surface area contributed by atoms with E-state index in [1.807, 2.05) is 12.1 Å². The lowest BCUT2D eigenvalue weighted by atomic mass is 9.92. The molecular weight excluding hydrogens is 366 g/mol. The van der Waals surface area contributed by atoms with E-state index >= 15 is 0 Å². The van der Waals surface area contributed by atoms with Crippen LogP contribution in [-0.2, 0) is 9.53 Å². The van der Waals surface area contributed by atoms with Crippen LogP contribution in [0.2, 0.25) is 0 Å². The first kappa shape index (κ1) is 20.0. The molecule has 0 aliphatic carbocycles. The third-order valence-electron chi connectivity index (χ3n) is 6.21. The van der Waals surface area contributed by atoms with Gasteiger partial charge in [-0.3, -0.25) is 4.79 Å². The van der Waals surface area contributed by atoms with Gasteiger partial charge in [-0.25, -0.2) is 4.98 Å². The highest BCUT2D eigenvalue weighted by atomic mass is 16.5. The number of piperidine rings is 1. The van der Waals surface area contributed by atoms with Gasteiger partial charge < -0.3 is 19.7 Å². The highest BCUT2D eigenvalue weighted by Crippen LogP contribution is 2.29. The van der Waals surface area contributed by atoms with Gasteiger partial charge in [-0.15, -0.1) is 0 Å². The van der Waals surface area contributed by atoms with Gasteiger partial charge in [-0.05, 0) is 62.3 Å². The number of aromatic nitrogens is 1. The Balaban J connectivity index is 1.34. The average Bonchev–Trinajstić information content (AvgIpc) is 2.74. The topological polar surface area (TPSA) is 63.7 Å². The first-order valence-corrected chi connectivity index (χ1v) is 10.7. The maximum absolute atomic E-state index is 12.4. The van der Waals surface area contributed by atoms with Gasteiger partial charge in [0, 0.05) is 50.2 Å². The second-order valence-electron chi connectivity index (χ2n) is 8.27. The molecule has 3 heterocycles. The van der Waals surface area contributed by atoms with Crippen LogP contribution in [0.1, 0.15) is 37.7 Å². The summed E-state index contributed by atoms with van der Waals surface area (Å²) >= 11 is 0. The van der Waals surface area contributed by atoms with E-state index in [-0.39, 0.29) is 11.9 Å². The summed E-state index contributed by atoms with van der Waals surface area (Å²) < 4.78 is 10.7. The van der Waals surface area contributed by atoms with Crippen molar-refractivity contribution in [2.75, 3.05) is 38.3 Å². The molecule has 4 rings (SSSR count). The van der Waals surface area contributed by atoms with E-state index in [4.69, 9.17) is 14.5 Å². The number of nitrogens with zero attached hydrogens (tertiary/aromatic N) is 2. The number of pyridine rings is 1. The lowest BCUT2D eigenvalue weighted by Gasteiger charge is -2.33. The number of amides is 1. The minimum Gasteiger partial charge on any atom is -0.497 e. The first-order valence-electron chi connectivity index (χ1n) is 10.7. The number of carbonyl (C=O) groups is 1. The zero-order valence-electron chi connectivity index (χ0n) is 17.4. The molecule has 0 unspecified atom stereocenters. The van der Waals surface area contributed by atoms with Crippen molar-refractivity contribution in [3.05, 3.63) is 29.8 Å². The van der Waals surface area contributed by atoms with Crippen molar-refractivity contribution in [2.24, 2.45) is 5.92 Å². The molecule has 6 heteroatoms. The summed E-state index contributed by atoms with van der Waals surface area (Å²) in [5, 5.41) is 4.35. The lowest BCUT2D eigenvalue weighted by Crippen LogP contribution is -2.41. The van der Waals surface area contributed by atoms with E-state index in [9.17, 15) is 4.79 Å². The van der Waals surface area contributed by atoms with E-state index in [1.54, 1.807) is 7.11 Å². The van der Waals surface area contributed by atoms with E-state index in [0.717, 1.165) is 74.5 Å². The monoisotopic (exact) mass is 397 g/mol. The van der Waals surface area contributed by atoms with Crippen LogP contribution in [-0.4, -0.2) is 50.3 Å². The minimum atomic E-state index is 0.196. The van der Waals surface area contributed by atoms with Crippen LogP contribution < -0.4 is 15.0 Å². The molecule has 6 nitrogen and oxygen atoms in total. The Morgan fingerprint density at radius 3 is 2.69 bits per heavy atom. The van der Waals surface area contributed by atoms with E-state index in [2.05, 4.69) is 29.3 Å². The Morgan fingerprint density at radius 1 is 1.21 bits per heavy atom. The smallest absolute Gasteiger partial charge is 0.220 e. The van der Waals surface area contributed by atoms with Crippen LogP contribution in [0.5, 0.6) is 5.75 Å². The Labute approximate surface area is 172 Å².